The first-order chi connectivity index (χ1) is 18.0. The summed E-state index contributed by atoms with van der Waals surface area (Å²) in [4.78, 5) is 37.2. The van der Waals surface area contributed by atoms with Crippen molar-refractivity contribution >= 4 is 57.7 Å². The van der Waals surface area contributed by atoms with E-state index >= 15 is 0 Å². The molecule has 5 aromatic rings. The highest BCUT2D eigenvalue weighted by Gasteiger charge is 2.31. The normalized spacial score (nSPS) is 12.8. The van der Waals surface area contributed by atoms with Gasteiger partial charge in [-0.2, -0.15) is 0 Å². The molecule has 2 atom stereocenters. The van der Waals surface area contributed by atoms with Gasteiger partial charge in [-0.1, -0.05) is 78.9 Å². The number of benzene rings is 4. The molecular weight excluding hydrogens is 503 g/mol. The van der Waals surface area contributed by atoms with Gasteiger partial charge in [-0.15, -0.1) is 11.3 Å². The smallest absolute Gasteiger partial charge is 0.261 e. The zero-order valence-electron chi connectivity index (χ0n) is 19.8. The van der Waals surface area contributed by atoms with E-state index in [1.807, 2.05) is 91.0 Å². The Hall–Kier alpha value is -3.77. The Morgan fingerprint density at radius 3 is 2.35 bits per heavy atom. The van der Waals surface area contributed by atoms with E-state index in [0.717, 1.165) is 26.4 Å². The molecule has 1 heterocycles. The lowest BCUT2D eigenvalue weighted by molar-refractivity contribution is -0.117. The van der Waals surface area contributed by atoms with E-state index in [2.05, 4.69) is 10.6 Å². The SMILES string of the molecule is O=C(NCc1ccccc1)c1sc2ccccc2c1C(C[PH](=O)O)C(=O)Nc1ccc2ccccc2c1. The molecule has 0 aliphatic rings. The van der Waals surface area contributed by atoms with Crippen LogP contribution in [0.2, 0.25) is 0 Å². The molecule has 0 spiro atoms. The van der Waals surface area contributed by atoms with Gasteiger partial charge in [-0.3, -0.25) is 14.2 Å². The molecule has 186 valence electrons. The van der Waals surface area contributed by atoms with Gasteiger partial charge in [-0.05, 0) is 45.5 Å². The van der Waals surface area contributed by atoms with E-state index in [4.69, 9.17) is 0 Å². The Balaban J connectivity index is 1.50. The lowest BCUT2D eigenvalue weighted by Crippen LogP contribution is -2.27. The van der Waals surface area contributed by atoms with Crippen molar-refractivity contribution in [3.63, 3.8) is 0 Å². The molecule has 5 rings (SSSR count). The fourth-order valence-electron chi connectivity index (χ4n) is 4.44. The molecular formula is C29H25N2O4PS. The maximum atomic E-state index is 13.6. The minimum atomic E-state index is -3.03. The van der Waals surface area contributed by atoms with Crippen LogP contribution in [0.3, 0.4) is 0 Å². The van der Waals surface area contributed by atoms with E-state index in [1.165, 1.54) is 11.3 Å². The van der Waals surface area contributed by atoms with Gasteiger partial charge in [0, 0.05) is 23.1 Å². The van der Waals surface area contributed by atoms with Crippen molar-refractivity contribution in [3.05, 3.63) is 113 Å². The zero-order chi connectivity index (χ0) is 25.8. The Morgan fingerprint density at radius 2 is 1.57 bits per heavy atom. The van der Waals surface area contributed by atoms with Crippen molar-refractivity contribution in [2.45, 2.75) is 12.5 Å². The summed E-state index contributed by atoms with van der Waals surface area (Å²) in [5, 5.41) is 8.60. The number of carbonyl (C=O) groups excluding carboxylic acids is 2. The third-order valence-corrected chi connectivity index (χ3v) is 8.14. The number of hydrogen-bond donors (Lipinski definition) is 3. The van der Waals surface area contributed by atoms with Crippen LogP contribution in [-0.4, -0.2) is 22.9 Å². The minimum absolute atomic E-state index is 0.260. The number of rotatable bonds is 8. The van der Waals surface area contributed by atoms with Crippen molar-refractivity contribution in [2.24, 2.45) is 0 Å². The predicted molar refractivity (Wildman–Crippen MR) is 151 cm³/mol. The van der Waals surface area contributed by atoms with Gasteiger partial charge in [0.15, 0.2) is 8.03 Å². The van der Waals surface area contributed by atoms with Crippen LogP contribution in [0.25, 0.3) is 20.9 Å². The summed E-state index contributed by atoms with van der Waals surface area (Å²) in [6.45, 7) is 0.331. The summed E-state index contributed by atoms with van der Waals surface area (Å²) >= 11 is 1.28. The lowest BCUT2D eigenvalue weighted by atomic mass is 9.96. The number of hydrogen-bond acceptors (Lipinski definition) is 4. The number of carbonyl (C=O) groups is 2. The molecule has 1 aromatic heterocycles. The fraction of sp³-hybridized carbons (Fsp3) is 0.103. The van der Waals surface area contributed by atoms with E-state index in [9.17, 15) is 19.0 Å². The van der Waals surface area contributed by atoms with Gasteiger partial charge in [0.05, 0.1) is 10.8 Å². The molecule has 0 aliphatic heterocycles. The molecule has 2 amide bonds. The van der Waals surface area contributed by atoms with Crippen molar-refractivity contribution in [1.82, 2.24) is 5.32 Å². The third-order valence-electron chi connectivity index (χ3n) is 6.20. The average molecular weight is 529 g/mol. The maximum Gasteiger partial charge on any atom is 0.261 e. The van der Waals surface area contributed by atoms with Crippen LogP contribution in [-0.2, 0) is 15.9 Å². The second-order valence-corrected chi connectivity index (χ2v) is 11.0. The first-order valence-electron chi connectivity index (χ1n) is 11.8. The van der Waals surface area contributed by atoms with E-state index in [-0.39, 0.29) is 12.1 Å². The Kier molecular flexibility index (Phi) is 7.47. The Bertz CT molecular complexity index is 1620. The standard InChI is InChI=1S/C29H25N2O4PS/c32-28(31-22-15-14-20-10-4-5-11-21(20)16-22)24(18-36(34)35)26-23-12-6-7-13-25(23)37-27(26)29(33)30-17-19-8-2-1-3-9-19/h1-16,24,36H,17-18H2,(H,30,33)(H,31,32)(H,34,35). The topological polar surface area (TPSA) is 95.5 Å². The monoisotopic (exact) mass is 528 g/mol. The van der Waals surface area contributed by atoms with Crippen LogP contribution >= 0.6 is 19.4 Å². The zero-order valence-corrected chi connectivity index (χ0v) is 21.6. The third kappa shape index (κ3) is 5.65. The average Bonchev–Trinajstić information content (AvgIpc) is 3.30. The molecule has 4 aromatic carbocycles. The molecule has 0 radical (unpaired) electrons. The van der Waals surface area contributed by atoms with Crippen molar-refractivity contribution in [3.8, 4) is 0 Å². The summed E-state index contributed by atoms with van der Waals surface area (Å²) in [5.41, 5.74) is 2.02. The summed E-state index contributed by atoms with van der Waals surface area (Å²) < 4.78 is 12.9. The summed E-state index contributed by atoms with van der Waals surface area (Å²) in [7, 11) is -3.03. The Labute approximate surface area is 218 Å². The van der Waals surface area contributed by atoms with E-state index in [0.29, 0.717) is 22.7 Å². The van der Waals surface area contributed by atoms with Gasteiger partial charge in [0.2, 0.25) is 5.91 Å². The van der Waals surface area contributed by atoms with E-state index in [1.54, 1.807) is 6.07 Å². The second kappa shape index (κ2) is 11.1. The quantitative estimate of drug-likeness (QED) is 0.210. The summed E-state index contributed by atoms with van der Waals surface area (Å²) in [6.07, 6.45) is -0.260. The molecule has 0 bridgehead atoms. The van der Waals surface area contributed by atoms with Crippen molar-refractivity contribution < 1.29 is 19.0 Å². The van der Waals surface area contributed by atoms with E-state index < -0.39 is 19.9 Å². The molecule has 3 N–H and O–H groups in total. The van der Waals surface area contributed by atoms with Gasteiger partial charge >= 0.3 is 0 Å². The van der Waals surface area contributed by atoms with Gasteiger partial charge < -0.3 is 15.5 Å². The maximum absolute atomic E-state index is 13.6. The highest BCUT2D eigenvalue weighted by molar-refractivity contribution is 7.38. The number of fused-ring (bicyclic) bond motifs is 2. The van der Waals surface area contributed by atoms with Gasteiger partial charge in [0.1, 0.15) is 0 Å². The van der Waals surface area contributed by atoms with Crippen LogP contribution in [0.4, 0.5) is 5.69 Å². The highest BCUT2D eigenvalue weighted by atomic mass is 32.1. The van der Waals surface area contributed by atoms with Crippen LogP contribution in [0.15, 0.2) is 97.1 Å². The molecule has 0 saturated carbocycles. The van der Waals surface area contributed by atoms with Gasteiger partial charge in [-0.25, -0.2) is 0 Å². The van der Waals surface area contributed by atoms with Crippen molar-refractivity contribution in [1.29, 1.82) is 0 Å². The molecule has 2 unspecified atom stereocenters. The van der Waals surface area contributed by atoms with Crippen LogP contribution in [0.5, 0.6) is 0 Å². The highest BCUT2D eigenvalue weighted by Crippen LogP contribution is 2.40. The molecule has 0 fully saturated rings. The number of nitrogens with one attached hydrogen (secondary N) is 2. The fourth-order valence-corrected chi connectivity index (χ4v) is 6.36. The van der Waals surface area contributed by atoms with Crippen LogP contribution < -0.4 is 10.6 Å². The largest absolute Gasteiger partial charge is 0.347 e. The predicted octanol–water partition coefficient (Wildman–Crippen LogP) is 6.17. The number of thiophene rings is 1. The lowest BCUT2D eigenvalue weighted by Gasteiger charge is -2.18. The summed E-state index contributed by atoms with van der Waals surface area (Å²) in [5.74, 6) is -1.72. The first-order valence-corrected chi connectivity index (χ1v) is 14.2. The molecule has 0 aliphatic carbocycles. The molecule has 0 saturated heterocycles. The molecule has 6 nitrogen and oxygen atoms in total. The summed E-state index contributed by atoms with van der Waals surface area (Å²) in [6, 6.07) is 30.4. The Morgan fingerprint density at radius 1 is 0.865 bits per heavy atom. The van der Waals surface area contributed by atoms with Gasteiger partial charge in [0.25, 0.3) is 5.91 Å². The minimum Gasteiger partial charge on any atom is -0.347 e. The van der Waals surface area contributed by atoms with Crippen LogP contribution in [0, 0.1) is 0 Å². The number of amides is 2. The molecule has 37 heavy (non-hydrogen) atoms. The number of anilines is 1. The molecule has 8 heteroatoms. The van der Waals surface area contributed by atoms with Crippen LogP contribution in [0.1, 0.15) is 26.7 Å². The second-order valence-electron chi connectivity index (χ2n) is 8.71. The van der Waals surface area contributed by atoms with Crippen molar-refractivity contribution in [2.75, 3.05) is 11.5 Å². The first kappa shape index (κ1) is 24.9.